The van der Waals surface area contributed by atoms with Crippen molar-refractivity contribution in [2.45, 2.75) is 33.6 Å². The van der Waals surface area contributed by atoms with Crippen molar-refractivity contribution in [3.05, 3.63) is 59.2 Å². The van der Waals surface area contributed by atoms with Crippen molar-refractivity contribution < 1.29 is 14.3 Å². The normalized spacial score (nSPS) is 10.4. The van der Waals surface area contributed by atoms with Crippen molar-refractivity contribution in [1.29, 1.82) is 0 Å². The van der Waals surface area contributed by atoms with Crippen LogP contribution in [0.1, 0.15) is 30.0 Å². The standard InChI is InChI=1S/C22H28N2O3/c1-16-9-10-20(15-17(16)2)24(18(3)25)14-12-22(26)23-13-11-19-7-5-6-8-21(19)27-4/h5-10,15H,11-14H2,1-4H3,(H,23,26). The van der Waals surface area contributed by atoms with Crippen LogP contribution >= 0.6 is 0 Å². The van der Waals surface area contributed by atoms with Crippen LogP contribution in [0.15, 0.2) is 42.5 Å². The van der Waals surface area contributed by atoms with Crippen LogP contribution in [0.3, 0.4) is 0 Å². The number of ether oxygens (including phenoxy) is 1. The molecule has 2 amide bonds. The van der Waals surface area contributed by atoms with Gasteiger partial charge < -0.3 is 15.0 Å². The number of anilines is 1. The zero-order chi connectivity index (χ0) is 19.8. The van der Waals surface area contributed by atoms with E-state index in [-0.39, 0.29) is 18.2 Å². The van der Waals surface area contributed by atoms with Gasteiger partial charge in [0.15, 0.2) is 0 Å². The number of amides is 2. The van der Waals surface area contributed by atoms with E-state index in [4.69, 9.17) is 4.74 Å². The van der Waals surface area contributed by atoms with Crippen LogP contribution in [0.4, 0.5) is 5.69 Å². The van der Waals surface area contributed by atoms with Crippen molar-refractivity contribution in [1.82, 2.24) is 5.32 Å². The topological polar surface area (TPSA) is 58.6 Å². The van der Waals surface area contributed by atoms with Gasteiger partial charge in [-0.1, -0.05) is 24.3 Å². The Morgan fingerprint density at radius 2 is 1.81 bits per heavy atom. The van der Waals surface area contributed by atoms with Crippen molar-refractivity contribution in [3.63, 3.8) is 0 Å². The number of carbonyl (C=O) groups excluding carboxylic acids is 2. The van der Waals surface area contributed by atoms with Crippen LogP contribution in [0, 0.1) is 13.8 Å². The fourth-order valence-corrected chi connectivity index (χ4v) is 2.91. The lowest BCUT2D eigenvalue weighted by Gasteiger charge is -2.22. The van der Waals surface area contributed by atoms with Gasteiger partial charge in [0, 0.05) is 32.1 Å². The molecule has 2 rings (SSSR count). The zero-order valence-electron chi connectivity index (χ0n) is 16.5. The number of rotatable bonds is 8. The fourth-order valence-electron chi connectivity index (χ4n) is 2.91. The van der Waals surface area contributed by atoms with E-state index in [1.807, 2.05) is 56.3 Å². The lowest BCUT2D eigenvalue weighted by Crippen LogP contribution is -2.34. The summed E-state index contributed by atoms with van der Waals surface area (Å²) < 4.78 is 5.32. The maximum atomic E-state index is 12.2. The summed E-state index contributed by atoms with van der Waals surface area (Å²) in [6.45, 7) is 6.46. The van der Waals surface area contributed by atoms with Gasteiger partial charge in [0.25, 0.3) is 0 Å². The van der Waals surface area contributed by atoms with Crippen molar-refractivity contribution in [2.24, 2.45) is 0 Å². The molecule has 27 heavy (non-hydrogen) atoms. The second-order valence-corrected chi connectivity index (χ2v) is 6.60. The van der Waals surface area contributed by atoms with Crippen molar-refractivity contribution >= 4 is 17.5 Å². The number of nitrogens with zero attached hydrogens (tertiary/aromatic N) is 1. The van der Waals surface area contributed by atoms with Crippen LogP contribution in [0.2, 0.25) is 0 Å². The average molecular weight is 368 g/mol. The molecule has 0 saturated heterocycles. The summed E-state index contributed by atoms with van der Waals surface area (Å²) in [5.41, 5.74) is 4.18. The Hall–Kier alpha value is -2.82. The molecular weight excluding hydrogens is 340 g/mol. The van der Waals surface area contributed by atoms with E-state index in [9.17, 15) is 9.59 Å². The molecule has 0 saturated carbocycles. The summed E-state index contributed by atoms with van der Waals surface area (Å²) in [6.07, 6.45) is 0.960. The lowest BCUT2D eigenvalue weighted by atomic mass is 10.1. The van der Waals surface area contributed by atoms with E-state index in [0.717, 1.165) is 22.6 Å². The van der Waals surface area contributed by atoms with Crippen LogP contribution in [0.25, 0.3) is 0 Å². The van der Waals surface area contributed by atoms with Crippen molar-refractivity contribution in [2.75, 3.05) is 25.1 Å². The van der Waals surface area contributed by atoms with Gasteiger partial charge in [-0.3, -0.25) is 9.59 Å². The summed E-state index contributed by atoms with van der Waals surface area (Å²) in [5.74, 6) is 0.685. The van der Waals surface area contributed by atoms with Gasteiger partial charge in [0.05, 0.1) is 7.11 Å². The third kappa shape index (κ3) is 5.84. The molecule has 0 spiro atoms. The monoisotopic (exact) mass is 368 g/mol. The number of para-hydroxylation sites is 1. The van der Waals surface area contributed by atoms with E-state index in [2.05, 4.69) is 5.32 Å². The van der Waals surface area contributed by atoms with Gasteiger partial charge >= 0.3 is 0 Å². The molecule has 0 atom stereocenters. The van der Waals surface area contributed by atoms with E-state index < -0.39 is 0 Å². The smallest absolute Gasteiger partial charge is 0.223 e. The Morgan fingerprint density at radius 1 is 1.07 bits per heavy atom. The highest BCUT2D eigenvalue weighted by Crippen LogP contribution is 2.19. The average Bonchev–Trinajstić information content (AvgIpc) is 2.64. The Kier molecular flexibility index (Phi) is 7.41. The minimum absolute atomic E-state index is 0.0694. The van der Waals surface area contributed by atoms with Gasteiger partial charge in [-0.15, -0.1) is 0 Å². The Balaban J connectivity index is 1.87. The predicted octanol–water partition coefficient (Wildman–Crippen LogP) is 3.41. The fraction of sp³-hybridized carbons (Fsp3) is 0.364. The van der Waals surface area contributed by atoms with Crippen LogP contribution in [-0.2, 0) is 16.0 Å². The van der Waals surface area contributed by atoms with Gasteiger partial charge in [0.1, 0.15) is 5.75 Å². The highest BCUT2D eigenvalue weighted by Gasteiger charge is 2.14. The summed E-state index contributed by atoms with van der Waals surface area (Å²) in [7, 11) is 1.64. The maximum absolute atomic E-state index is 12.2. The molecule has 0 unspecified atom stereocenters. The second-order valence-electron chi connectivity index (χ2n) is 6.60. The van der Waals surface area contributed by atoms with Gasteiger partial charge in [-0.2, -0.15) is 0 Å². The van der Waals surface area contributed by atoms with E-state index >= 15 is 0 Å². The van der Waals surface area contributed by atoms with Crippen molar-refractivity contribution in [3.8, 4) is 5.75 Å². The minimum Gasteiger partial charge on any atom is -0.496 e. The number of aryl methyl sites for hydroxylation is 2. The molecule has 5 heteroatoms. The van der Waals surface area contributed by atoms with Crippen LogP contribution < -0.4 is 15.0 Å². The first-order valence-corrected chi connectivity index (χ1v) is 9.16. The van der Waals surface area contributed by atoms with Gasteiger partial charge in [-0.25, -0.2) is 0 Å². The lowest BCUT2D eigenvalue weighted by molar-refractivity contribution is -0.121. The van der Waals surface area contributed by atoms with Gasteiger partial charge in [-0.05, 0) is 55.2 Å². The van der Waals surface area contributed by atoms with Crippen LogP contribution in [0.5, 0.6) is 5.75 Å². The van der Waals surface area contributed by atoms with E-state index in [0.29, 0.717) is 19.5 Å². The third-order valence-electron chi connectivity index (χ3n) is 4.65. The molecule has 0 fully saturated rings. The Labute approximate surface area is 161 Å². The summed E-state index contributed by atoms with van der Waals surface area (Å²) in [6, 6.07) is 13.7. The Morgan fingerprint density at radius 3 is 2.48 bits per heavy atom. The molecule has 2 aromatic rings. The SMILES string of the molecule is COc1ccccc1CCNC(=O)CCN(C(C)=O)c1ccc(C)c(C)c1. The molecule has 0 bridgehead atoms. The number of carbonyl (C=O) groups is 2. The number of nitrogens with one attached hydrogen (secondary N) is 1. The minimum atomic E-state index is -0.0695. The molecule has 5 nitrogen and oxygen atoms in total. The number of hydrogen-bond acceptors (Lipinski definition) is 3. The van der Waals surface area contributed by atoms with E-state index in [1.54, 1.807) is 12.0 Å². The molecular formula is C22H28N2O3. The quantitative estimate of drug-likeness (QED) is 0.777. The predicted molar refractivity (Wildman–Crippen MR) is 108 cm³/mol. The van der Waals surface area contributed by atoms with Crippen LogP contribution in [-0.4, -0.2) is 32.0 Å². The molecule has 0 aromatic heterocycles. The molecule has 0 aliphatic rings. The first-order valence-electron chi connectivity index (χ1n) is 9.16. The summed E-state index contributed by atoms with van der Waals surface area (Å²) in [5, 5.41) is 2.92. The van der Waals surface area contributed by atoms with Gasteiger partial charge in [0.2, 0.25) is 11.8 Å². The molecule has 0 aliphatic heterocycles. The van der Waals surface area contributed by atoms with E-state index in [1.165, 1.54) is 12.5 Å². The second kappa shape index (κ2) is 9.76. The first kappa shape index (κ1) is 20.5. The number of benzene rings is 2. The highest BCUT2D eigenvalue weighted by molar-refractivity contribution is 5.92. The molecule has 0 aliphatic carbocycles. The molecule has 2 aromatic carbocycles. The zero-order valence-corrected chi connectivity index (χ0v) is 16.5. The molecule has 1 N–H and O–H groups in total. The molecule has 0 radical (unpaired) electrons. The highest BCUT2D eigenvalue weighted by atomic mass is 16.5. The first-order chi connectivity index (χ1) is 12.9. The Bertz CT molecular complexity index is 802. The number of methoxy groups -OCH3 is 1. The largest absolute Gasteiger partial charge is 0.496 e. The third-order valence-corrected chi connectivity index (χ3v) is 4.65. The molecule has 144 valence electrons. The number of hydrogen-bond donors (Lipinski definition) is 1. The molecule has 0 heterocycles. The summed E-state index contributed by atoms with van der Waals surface area (Å²) >= 11 is 0. The summed E-state index contributed by atoms with van der Waals surface area (Å²) in [4.78, 5) is 25.8. The maximum Gasteiger partial charge on any atom is 0.223 e.